The number of carbonyl (C=O) groups is 1. The number of thiocarbonyl (C=S) groups is 1. The SMILES string of the molecule is CN1C(=O)/C(=C/c2cn(-c3ccccc3)nc2-c2ccccc2)SC1=S. The highest BCUT2D eigenvalue weighted by molar-refractivity contribution is 8.26. The molecule has 1 amide bonds. The van der Waals surface area contributed by atoms with E-state index >= 15 is 0 Å². The lowest BCUT2D eigenvalue weighted by molar-refractivity contribution is -0.121. The fourth-order valence-corrected chi connectivity index (χ4v) is 3.88. The summed E-state index contributed by atoms with van der Waals surface area (Å²) in [4.78, 5) is 14.5. The second kappa shape index (κ2) is 6.90. The van der Waals surface area contributed by atoms with Crippen LogP contribution < -0.4 is 0 Å². The van der Waals surface area contributed by atoms with E-state index in [-0.39, 0.29) is 5.91 Å². The first-order valence-corrected chi connectivity index (χ1v) is 9.28. The first-order valence-electron chi connectivity index (χ1n) is 8.05. The van der Waals surface area contributed by atoms with E-state index in [1.807, 2.05) is 77.6 Å². The van der Waals surface area contributed by atoms with Crippen molar-refractivity contribution in [3.8, 4) is 16.9 Å². The number of thioether (sulfide) groups is 1. The number of amides is 1. The molecule has 0 aliphatic carbocycles. The van der Waals surface area contributed by atoms with Crippen molar-refractivity contribution in [2.75, 3.05) is 7.05 Å². The van der Waals surface area contributed by atoms with E-state index < -0.39 is 0 Å². The van der Waals surface area contributed by atoms with Crippen LogP contribution in [0.4, 0.5) is 0 Å². The Kier molecular flexibility index (Phi) is 4.44. The summed E-state index contributed by atoms with van der Waals surface area (Å²) in [5, 5.41) is 4.76. The monoisotopic (exact) mass is 377 g/mol. The molecule has 0 atom stereocenters. The topological polar surface area (TPSA) is 38.1 Å². The van der Waals surface area contributed by atoms with Gasteiger partial charge in [-0.2, -0.15) is 5.10 Å². The molecule has 1 aromatic heterocycles. The van der Waals surface area contributed by atoms with Crippen molar-refractivity contribution in [1.29, 1.82) is 0 Å². The van der Waals surface area contributed by atoms with Crippen molar-refractivity contribution in [2.45, 2.75) is 0 Å². The predicted molar refractivity (Wildman–Crippen MR) is 110 cm³/mol. The van der Waals surface area contributed by atoms with E-state index in [1.54, 1.807) is 7.05 Å². The molecule has 3 aromatic rings. The van der Waals surface area contributed by atoms with Crippen LogP contribution in [0.25, 0.3) is 23.0 Å². The molecule has 128 valence electrons. The van der Waals surface area contributed by atoms with Crippen LogP contribution >= 0.6 is 24.0 Å². The molecule has 2 heterocycles. The third kappa shape index (κ3) is 3.09. The van der Waals surface area contributed by atoms with Gasteiger partial charge in [0.2, 0.25) is 0 Å². The Balaban J connectivity index is 1.84. The Morgan fingerprint density at radius 1 is 1.04 bits per heavy atom. The number of carbonyl (C=O) groups excluding carboxylic acids is 1. The van der Waals surface area contributed by atoms with Crippen molar-refractivity contribution in [3.05, 3.63) is 77.3 Å². The van der Waals surface area contributed by atoms with Crippen LogP contribution in [-0.2, 0) is 4.79 Å². The molecule has 0 saturated carbocycles. The zero-order chi connectivity index (χ0) is 18.1. The molecule has 1 fully saturated rings. The van der Waals surface area contributed by atoms with Gasteiger partial charge in [-0.1, -0.05) is 72.5 Å². The summed E-state index contributed by atoms with van der Waals surface area (Å²) in [5.41, 5.74) is 3.68. The van der Waals surface area contributed by atoms with Gasteiger partial charge in [0.05, 0.1) is 16.3 Å². The summed E-state index contributed by atoms with van der Waals surface area (Å²) in [6.07, 6.45) is 3.82. The molecule has 1 saturated heterocycles. The minimum atomic E-state index is -0.0773. The van der Waals surface area contributed by atoms with Gasteiger partial charge in [0.1, 0.15) is 4.32 Å². The average molecular weight is 377 g/mol. The zero-order valence-corrected chi connectivity index (χ0v) is 15.6. The Morgan fingerprint density at radius 3 is 2.31 bits per heavy atom. The maximum Gasteiger partial charge on any atom is 0.265 e. The number of rotatable bonds is 3. The maximum absolute atomic E-state index is 12.4. The van der Waals surface area contributed by atoms with Gasteiger partial charge in [-0.25, -0.2) is 4.68 Å². The normalized spacial score (nSPS) is 15.9. The first-order chi connectivity index (χ1) is 12.6. The molecule has 4 nitrogen and oxygen atoms in total. The van der Waals surface area contributed by atoms with Crippen LogP contribution in [0, 0.1) is 0 Å². The predicted octanol–water partition coefficient (Wildman–Crippen LogP) is 4.37. The van der Waals surface area contributed by atoms with Crippen LogP contribution in [0.1, 0.15) is 5.56 Å². The van der Waals surface area contributed by atoms with Gasteiger partial charge >= 0.3 is 0 Å². The number of hydrogen-bond donors (Lipinski definition) is 0. The molecule has 0 unspecified atom stereocenters. The van der Waals surface area contributed by atoms with Crippen LogP contribution in [0.5, 0.6) is 0 Å². The minimum absolute atomic E-state index is 0.0773. The summed E-state index contributed by atoms with van der Waals surface area (Å²) < 4.78 is 2.40. The van der Waals surface area contributed by atoms with E-state index in [4.69, 9.17) is 17.3 Å². The lowest BCUT2D eigenvalue weighted by atomic mass is 10.1. The molecule has 1 aliphatic heterocycles. The molecular weight excluding hydrogens is 362 g/mol. The van der Waals surface area contributed by atoms with Crippen LogP contribution in [-0.4, -0.2) is 32.0 Å². The fraction of sp³-hybridized carbons (Fsp3) is 0.0500. The molecule has 0 N–H and O–H groups in total. The largest absolute Gasteiger partial charge is 0.296 e. The number of aromatic nitrogens is 2. The standard InChI is InChI=1S/C20H15N3OS2/c1-22-19(24)17(26-20(22)25)12-15-13-23(16-10-6-3-7-11-16)21-18(15)14-8-4-2-5-9-14/h2-13H,1H3/b17-12-. The van der Waals surface area contributed by atoms with Crippen LogP contribution in [0.15, 0.2) is 71.8 Å². The lowest BCUT2D eigenvalue weighted by Crippen LogP contribution is -2.22. The summed E-state index contributed by atoms with van der Waals surface area (Å²) in [6, 6.07) is 19.9. The maximum atomic E-state index is 12.4. The van der Waals surface area contributed by atoms with Gasteiger partial charge in [-0.15, -0.1) is 0 Å². The van der Waals surface area contributed by atoms with Crippen LogP contribution in [0.2, 0.25) is 0 Å². The van der Waals surface area contributed by atoms with Gasteiger partial charge in [0.15, 0.2) is 0 Å². The minimum Gasteiger partial charge on any atom is -0.296 e. The molecule has 0 radical (unpaired) electrons. The van der Waals surface area contributed by atoms with Crippen molar-refractivity contribution in [1.82, 2.24) is 14.7 Å². The highest BCUT2D eigenvalue weighted by Gasteiger charge is 2.29. The Bertz CT molecular complexity index is 1010. The Morgan fingerprint density at radius 2 is 1.69 bits per heavy atom. The van der Waals surface area contributed by atoms with Gasteiger partial charge < -0.3 is 0 Å². The smallest absolute Gasteiger partial charge is 0.265 e. The third-order valence-corrected chi connectivity index (χ3v) is 5.57. The molecule has 26 heavy (non-hydrogen) atoms. The Hall–Kier alpha value is -2.70. The van der Waals surface area contributed by atoms with Gasteiger partial charge in [0, 0.05) is 24.4 Å². The molecule has 4 rings (SSSR count). The van der Waals surface area contributed by atoms with Crippen molar-refractivity contribution >= 4 is 40.3 Å². The number of nitrogens with zero attached hydrogens (tertiary/aromatic N) is 3. The second-order valence-electron chi connectivity index (χ2n) is 5.82. The Labute approximate surface area is 161 Å². The fourth-order valence-electron chi connectivity index (χ4n) is 2.71. The second-order valence-corrected chi connectivity index (χ2v) is 7.50. The van der Waals surface area contributed by atoms with Gasteiger partial charge in [-0.3, -0.25) is 9.69 Å². The number of benzene rings is 2. The zero-order valence-electron chi connectivity index (χ0n) is 14.0. The van der Waals surface area contributed by atoms with Gasteiger partial charge in [0.25, 0.3) is 5.91 Å². The summed E-state index contributed by atoms with van der Waals surface area (Å²) in [6.45, 7) is 0. The van der Waals surface area contributed by atoms with Crippen LogP contribution in [0.3, 0.4) is 0 Å². The quantitative estimate of drug-likeness (QED) is 0.502. The molecule has 2 aromatic carbocycles. The third-order valence-electron chi connectivity index (χ3n) is 4.08. The van der Waals surface area contributed by atoms with E-state index in [9.17, 15) is 4.79 Å². The van der Waals surface area contributed by atoms with Crippen molar-refractivity contribution in [3.63, 3.8) is 0 Å². The lowest BCUT2D eigenvalue weighted by Gasteiger charge is -2.03. The summed E-state index contributed by atoms with van der Waals surface area (Å²) in [7, 11) is 1.70. The molecule has 1 aliphatic rings. The van der Waals surface area contributed by atoms with Crippen molar-refractivity contribution < 1.29 is 4.79 Å². The first kappa shape index (κ1) is 16.8. The van der Waals surface area contributed by atoms with Crippen molar-refractivity contribution in [2.24, 2.45) is 0 Å². The van der Waals surface area contributed by atoms with Gasteiger partial charge in [-0.05, 0) is 18.2 Å². The van der Waals surface area contributed by atoms with E-state index in [2.05, 4.69) is 0 Å². The number of para-hydroxylation sites is 1. The van der Waals surface area contributed by atoms with E-state index in [0.29, 0.717) is 9.23 Å². The van der Waals surface area contributed by atoms with E-state index in [0.717, 1.165) is 22.5 Å². The molecule has 0 bridgehead atoms. The average Bonchev–Trinajstić information content (AvgIpc) is 3.21. The molecule has 6 heteroatoms. The van der Waals surface area contributed by atoms with E-state index in [1.165, 1.54) is 16.7 Å². The summed E-state index contributed by atoms with van der Waals surface area (Å²) in [5.74, 6) is -0.0773. The highest BCUT2D eigenvalue weighted by Crippen LogP contribution is 2.33. The molecule has 0 spiro atoms. The summed E-state index contributed by atoms with van der Waals surface area (Å²) >= 11 is 6.54. The highest BCUT2D eigenvalue weighted by atomic mass is 32.2. The number of hydrogen-bond acceptors (Lipinski definition) is 4. The number of likely N-dealkylation sites (N-methyl/N-ethyl adjacent to an activating group) is 1. The molecular formula is C20H15N3OS2.